The van der Waals surface area contributed by atoms with Crippen molar-refractivity contribution >= 4 is 27.4 Å². The van der Waals surface area contributed by atoms with E-state index in [0.29, 0.717) is 5.56 Å². The lowest BCUT2D eigenvalue weighted by Gasteiger charge is -2.02. The van der Waals surface area contributed by atoms with Crippen LogP contribution in [0.3, 0.4) is 0 Å². The summed E-state index contributed by atoms with van der Waals surface area (Å²) in [5, 5.41) is 3.10. The highest BCUT2D eigenvalue weighted by atomic mass is 79.9. The summed E-state index contributed by atoms with van der Waals surface area (Å²) in [5.41, 5.74) is 2.94. The van der Waals surface area contributed by atoms with Crippen LogP contribution < -0.4 is 5.32 Å². The molecule has 2 aromatic carbocycles. The number of carbonyl (C=O) groups excluding carboxylic acids is 1. The molecule has 0 saturated carbocycles. The molecule has 0 atom stereocenters. The van der Waals surface area contributed by atoms with Gasteiger partial charge < -0.3 is 5.32 Å². The predicted molar refractivity (Wildman–Crippen MR) is 87.1 cm³/mol. The van der Waals surface area contributed by atoms with Crippen molar-refractivity contribution in [1.29, 1.82) is 0 Å². The second-order valence-corrected chi connectivity index (χ2v) is 5.31. The number of aryl methyl sites for hydroxylation is 1. The third kappa shape index (κ3) is 4.07. The normalized spacial score (nSPS) is 10.7. The number of ketones is 1. The Labute approximate surface area is 127 Å². The standard InChI is InChI=1S/C17H16BrNO/c1-2-13-3-9-16(10-4-13)19-12-11-17(20)14-5-7-15(18)8-6-14/h3-12,19H,2H2,1H3. The molecule has 0 spiro atoms. The molecule has 1 N–H and O–H groups in total. The number of allylic oxidation sites excluding steroid dienone is 1. The number of rotatable bonds is 5. The molecule has 0 bridgehead atoms. The number of hydrogen-bond acceptors (Lipinski definition) is 2. The fourth-order valence-corrected chi connectivity index (χ4v) is 2.02. The zero-order valence-electron chi connectivity index (χ0n) is 11.3. The molecule has 0 aliphatic rings. The summed E-state index contributed by atoms with van der Waals surface area (Å²) >= 11 is 3.35. The fraction of sp³-hybridized carbons (Fsp3) is 0.118. The summed E-state index contributed by atoms with van der Waals surface area (Å²) in [6.07, 6.45) is 4.24. The van der Waals surface area contributed by atoms with Crippen LogP contribution in [0, 0.1) is 0 Å². The SMILES string of the molecule is CCc1ccc(NC=CC(=O)c2ccc(Br)cc2)cc1. The van der Waals surface area contributed by atoms with Gasteiger partial charge in [0.25, 0.3) is 0 Å². The highest BCUT2D eigenvalue weighted by Crippen LogP contribution is 2.12. The Morgan fingerprint density at radius 2 is 1.75 bits per heavy atom. The van der Waals surface area contributed by atoms with Crippen molar-refractivity contribution in [1.82, 2.24) is 0 Å². The molecule has 2 aromatic rings. The lowest BCUT2D eigenvalue weighted by molar-refractivity contribution is 0.104. The number of hydrogen-bond donors (Lipinski definition) is 1. The first-order valence-electron chi connectivity index (χ1n) is 6.51. The van der Waals surface area contributed by atoms with Gasteiger partial charge in [0.15, 0.2) is 5.78 Å². The molecule has 0 radical (unpaired) electrons. The molecule has 0 aliphatic heterocycles. The number of nitrogens with one attached hydrogen (secondary N) is 1. The quantitative estimate of drug-likeness (QED) is 0.629. The molecule has 0 aromatic heterocycles. The monoisotopic (exact) mass is 329 g/mol. The zero-order chi connectivity index (χ0) is 14.4. The van der Waals surface area contributed by atoms with Gasteiger partial charge >= 0.3 is 0 Å². The average molecular weight is 330 g/mol. The Morgan fingerprint density at radius 3 is 2.35 bits per heavy atom. The molecular formula is C17H16BrNO. The van der Waals surface area contributed by atoms with E-state index in [4.69, 9.17) is 0 Å². The molecule has 0 saturated heterocycles. The summed E-state index contributed by atoms with van der Waals surface area (Å²) < 4.78 is 0.965. The summed E-state index contributed by atoms with van der Waals surface area (Å²) in [6.45, 7) is 2.12. The topological polar surface area (TPSA) is 29.1 Å². The molecule has 20 heavy (non-hydrogen) atoms. The minimum Gasteiger partial charge on any atom is -0.362 e. The second kappa shape index (κ2) is 7.06. The van der Waals surface area contributed by atoms with E-state index in [9.17, 15) is 4.79 Å². The molecule has 102 valence electrons. The van der Waals surface area contributed by atoms with Gasteiger partial charge in [0, 0.05) is 28.0 Å². The Hall–Kier alpha value is -1.87. The molecule has 2 rings (SSSR count). The van der Waals surface area contributed by atoms with Crippen LogP contribution in [-0.2, 0) is 6.42 Å². The van der Waals surface area contributed by atoms with Crippen LogP contribution in [0.4, 0.5) is 5.69 Å². The van der Waals surface area contributed by atoms with E-state index in [1.54, 1.807) is 18.3 Å². The summed E-state index contributed by atoms with van der Waals surface area (Å²) in [4.78, 5) is 11.9. The predicted octanol–water partition coefficient (Wildman–Crippen LogP) is 4.82. The van der Waals surface area contributed by atoms with Crippen LogP contribution in [0.5, 0.6) is 0 Å². The first-order valence-corrected chi connectivity index (χ1v) is 7.30. The van der Waals surface area contributed by atoms with Crippen molar-refractivity contribution in [3.8, 4) is 0 Å². The summed E-state index contributed by atoms with van der Waals surface area (Å²) in [6, 6.07) is 15.5. The first-order chi connectivity index (χ1) is 9.69. The Kier molecular flexibility index (Phi) is 5.13. The highest BCUT2D eigenvalue weighted by Gasteiger charge is 2.00. The third-order valence-electron chi connectivity index (χ3n) is 2.98. The van der Waals surface area contributed by atoms with Crippen molar-refractivity contribution in [2.75, 3.05) is 5.32 Å². The van der Waals surface area contributed by atoms with E-state index in [2.05, 4.69) is 40.3 Å². The van der Waals surface area contributed by atoms with Gasteiger partial charge in [-0.15, -0.1) is 0 Å². The Morgan fingerprint density at radius 1 is 1.10 bits per heavy atom. The van der Waals surface area contributed by atoms with Crippen LogP contribution in [0.1, 0.15) is 22.8 Å². The van der Waals surface area contributed by atoms with Gasteiger partial charge in [-0.25, -0.2) is 0 Å². The maximum atomic E-state index is 11.9. The molecular weight excluding hydrogens is 314 g/mol. The smallest absolute Gasteiger partial charge is 0.187 e. The van der Waals surface area contributed by atoms with Crippen LogP contribution in [-0.4, -0.2) is 5.78 Å². The van der Waals surface area contributed by atoms with Gasteiger partial charge in [0.2, 0.25) is 0 Å². The second-order valence-electron chi connectivity index (χ2n) is 4.40. The number of carbonyl (C=O) groups is 1. The Bertz CT molecular complexity index is 600. The van der Waals surface area contributed by atoms with E-state index in [0.717, 1.165) is 16.6 Å². The molecule has 0 aliphatic carbocycles. The number of anilines is 1. The minimum atomic E-state index is -0.0184. The maximum Gasteiger partial charge on any atom is 0.187 e. The average Bonchev–Trinajstić information content (AvgIpc) is 2.48. The van der Waals surface area contributed by atoms with Gasteiger partial charge in [-0.3, -0.25) is 4.79 Å². The van der Waals surface area contributed by atoms with Gasteiger partial charge in [-0.2, -0.15) is 0 Å². The van der Waals surface area contributed by atoms with E-state index >= 15 is 0 Å². The van der Waals surface area contributed by atoms with Crippen LogP contribution in [0.2, 0.25) is 0 Å². The lowest BCUT2D eigenvalue weighted by Crippen LogP contribution is -1.96. The number of benzene rings is 2. The molecule has 0 fully saturated rings. The largest absolute Gasteiger partial charge is 0.362 e. The molecule has 0 unspecified atom stereocenters. The van der Waals surface area contributed by atoms with Crippen LogP contribution in [0.15, 0.2) is 65.3 Å². The van der Waals surface area contributed by atoms with E-state index in [1.807, 2.05) is 24.3 Å². The summed E-state index contributed by atoms with van der Waals surface area (Å²) in [5.74, 6) is -0.0184. The van der Waals surface area contributed by atoms with E-state index in [-0.39, 0.29) is 5.78 Å². The van der Waals surface area contributed by atoms with Crippen molar-refractivity contribution in [3.05, 3.63) is 76.4 Å². The van der Waals surface area contributed by atoms with E-state index < -0.39 is 0 Å². The third-order valence-corrected chi connectivity index (χ3v) is 3.50. The van der Waals surface area contributed by atoms with Gasteiger partial charge in [0.05, 0.1) is 0 Å². The minimum absolute atomic E-state index is 0.0184. The molecule has 0 heterocycles. The van der Waals surface area contributed by atoms with Crippen molar-refractivity contribution in [3.63, 3.8) is 0 Å². The molecule has 2 nitrogen and oxygen atoms in total. The van der Waals surface area contributed by atoms with Gasteiger partial charge in [-0.05, 0) is 48.4 Å². The fourth-order valence-electron chi connectivity index (χ4n) is 1.76. The molecule has 0 amide bonds. The highest BCUT2D eigenvalue weighted by molar-refractivity contribution is 9.10. The first kappa shape index (κ1) is 14.5. The summed E-state index contributed by atoms with van der Waals surface area (Å²) in [7, 11) is 0. The van der Waals surface area contributed by atoms with Crippen LogP contribution in [0.25, 0.3) is 0 Å². The van der Waals surface area contributed by atoms with Crippen LogP contribution >= 0.6 is 15.9 Å². The molecule has 3 heteroatoms. The van der Waals surface area contributed by atoms with Gasteiger partial charge in [0.1, 0.15) is 0 Å². The van der Waals surface area contributed by atoms with Crippen molar-refractivity contribution in [2.24, 2.45) is 0 Å². The van der Waals surface area contributed by atoms with Gasteiger partial charge in [-0.1, -0.05) is 35.0 Å². The Balaban J connectivity index is 1.95. The van der Waals surface area contributed by atoms with E-state index in [1.165, 1.54) is 11.6 Å². The number of halogens is 1. The van der Waals surface area contributed by atoms with Crippen molar-refractivity contribution in [2.45, 2.75) is 13.3 Å². The zero-order valence-corrected chi connectivity index (χ0v) is 12.9. The lowest BCUT2D eigenvalue weighted by atomic mass is 10.1. The maximum absolute atomic E-state index is 11.9. The van der Waals surface area contributed by atoms with Crippen molar-refractivity contribution < 1.29 is 4.79 Å².